The maximum absolute atomic E-state index is 4.97. The fraction of sp³-hybridized carbons (Fsp3) is 0.364. The van der Waals surface area contributed by atoms with Crippen LogP contribution in [0.3, 0.4) is 0 Å². The van der Waals surface area contributed by atoms with Crippen molar-refractivity contribution in [3.63, 3.8) is 0 Å². The van der Waals surface area contributed by atoms with Gasteiger partial charge in [0.15, 0.2) is 0 Å². The third kappa shape index (κ3) is 4.89. The Morgan fingerprint density at radius 2 is 1.42 bits per heavy atom. The summed E-state index contributed by atoms with van der Waals surface area (Å²) < 4.78 is 2.39. The average Bonchev–Trinajstić information content (AvgIpc) is 3.17. The van der Waals surface area contributed by atoms with Crippen LogP contribution in [-0.4, -0.2) is 9.38 Å². The van der Waals surface area contributed by atoms with Gasteiger partial charge in [-0.3, -0.25) is 4.98 Å². The van der Waals surface area contributed by atoms with Crippen LogP contribution in [0.25, 0.3) is 38.6 Å². The molecule has 0 saturated carbocycles. The van der Waals surface area contributed by atoms with E-state index in [1.807, 2.05) is 6.07 Å². The SMILES string of the molecule is Cc1cccc(C)c1-c1cnc2c3[c-]cccc3c3cc(CC(C)(C)C)c(CC(C)(C)C)cc3n12.[Ir]. The van der Waals surface area contributed by atoms with Crippen molar-refractivity contribution < 1.29 is 20.1 Å². The van der Waals surface area contributed by atoms with E-state index in [9.17, 15) is 0 Å². The fourth-order valence-corrected chi connectivity index (χ4v) is 5.56. The number of aromatic nitrogens is 2. The van der Waals surface area contributed by atoms with E-state index in [4.69, 9.17) is 4.98 Å². The summed E-state index contributed by atoms with van der Waals surface area (Å²) in [6, 6.07) is 21.3. The van der Waals surface area contributed by atoms with Crippen molar-refractivity contribution in [2.45, 2.75) is 68.2 Å². The van der Waals surface area contributed by atoms with Crippen molar-refractivity contribution in [3.8, 4) is 11.3 Å². The molecule has 3 heteroatoms. The van der Waals surface area contributed by atoms with Crippen molar-refractivity contribution >= 4 is 27.3 Å². The minimum Gasteiger partial charge on any atom is -0.333 e. The van der Waals surface area contributed by atoms with Crippen molar-refractivity contribution in [2.24, 2.45) is 10.8 Å². The van der Waals surface area contributed by atoms with Crippen LogP contribution in [0.5, 0.6) is 0 Å². The number of imidazole rings is 1. The van der Waals surface area contributed by atoms with E-state index >= 15 is 0 Å². The molecular weight excluding hydrogens is 617 g/mol. The van der Waals surface area contributed by atoms with E-state index in [0.29, 0.717) is 0 Å². The summed E-state index contributed by atoms with van der Waals surface area (Å²) in [6.07, 6.45) is 4.15. The van der Waals surface area contributed by atoms with Gasteiger partial charge in [-0.2, -0.15) is 0 Å². The first-order valence-electron chi connectivity index (χ1n) is 12.7. The van der Waals surface area contributed by atoms with Crippen LogP contribution in [0.2, 0.25) is 0 Å². The maximum Gasteiger partial charge on any atom is 0.0639 e. The first kappa shape index (κ1) is 26.6. The molecule has 0 amide bonds. The van der Waals surface area contributed by atoms with Crippen molar-refractivity contribution in [1.82, 2.24) is 9.38 Å². The predicted octanol–water partition coefficient (Wildman–Crippen LogP) is 8.90. The Labute approximate surface area is 229 Å². The van der Waals surface area contributed by atoms with Crippen LogP contribution >= 0.6 is 0 Å². The Kier molecular flexibility index (Phi) is 6.97. The van der Waals surface area contributed by atoms with Crippen LogP contribution in [0.4, 0.5) is 0 Å². The van der Waals surface area contributed by atoms with Crippen LogP contribution in [0.1, 0.15) is 63.8 Å². The topological polar surface area (TPSA) is 17.3 Å². The van der Waals surface area contributed by atoms with Gasteiger partial charge in [-0.15, -0.1) is 29.7 Å². The van der Waals surface area contributed by atoms with E-state index in [-0.39, 0.29) is 30.9 Å². The molecule has 0 bridgehead atoms. The summed E-state index contributed by atoms with van der Waals surface area (Å²) in [4.78, 5) is 4.97. The molecule has 2 nitrogen and oxygen atoms in total. The zero-order valence-electron chi connectivity index (χ0n) is 22.8. The second-order valence-electron chi connectivity index (χ2n) is 12.6. The molecule has 1 radical (unpaired) electrons. The molecule has 0 atom stereocenters. The van der Waals surface area contributed by atoms with Crippen LogP contribution in [0.15, 0.2) is 54.7 Å². The van der Waals surface area contributed by atoms with Crippen LogP contribution in [-0.2, 0) is 32.9 Å². The molecule has 36 heavy (non-hydrogen) atoms. The summed E-state index contributed by atoms with van der Waals surface area (Å²) in [5.74, 6) is 0. The Morgan fingerprint density at radius 1 is 0.806 bits per heavy atom. The van der Waals surface area contributed by atoms with E-state index < -0.39 is 0 Å². The van der Waals surface area contributed by atoms with Crippen molar-refractivity contribution in [1.29, 1.82) is 0 Å². The Balaban J connectivity index is 0.00000304. The van der Waals surface area contributed by atoms with E-state index in [1.54, 1.807) is 0 Å². The van der Waals surface area contributed by atoms with Crippen LogP contribution < -0.4 is 0 Å². The van der Waals surface area contributed by atoms with Gasteiger partial charge in [0.25, 0.3) is 0 Å². The maximum atomic E-state index is 4.97. The predicted molar refractivity (Wildman–Crippen MR) is 150 cm³/mol. The third-order valence-corrected chi connectivity index (χ3v) is 6.87. The quantitative estimate of drug-likeness (QED) is 0.140. The zero-order valence-corrected chi connectivity index (χ0v) is 25.2. The van der Waals surface area contributed by atoms with Gasteiger partial charge in [-0.25, -0.2) is 0 Å². The average molecular weight is 654 g/mol. The van der Waals surface area contributed by atoms with Gasteiger partial charge in [0, 0.05) is 37.4 Å². The van der Waals surface area contributed by atoms with Crippen LogP contribution in [0, 0.1) is 30.7 Å². The van der Waals surface area contributed by atoms with E-state index in [2.05, 4.69) is 115 Å². The number of aryl methyl sites for hydroxylation is 2. The molecule has 5 aromatic rings. The third-order valence-electron chi connectivity index (χ3n) is 6.87. The van der Waals surface area contributed by atoms with Gasteiger partial charge >= 0.3 is 0 Å². The molecule has 0 aliphatic rings. The second kappa shape index (κ2) is 9.43. The summed E-state index contributed by atoms with van der Waals surface area (Å²) >= 11 is 0. The molecule has 0 unspecified atom stereocenters. The number of pyridine rings is 1. The van der Waals surface area contributed by atoms with E-state index in [0.717, 1.165) is 29.6 Å². The smallest absolute Gasteiger partial charge is 0.0639 e. The van der Waals surface area contributed by atoms with Gasteiger partial charge < -0.3 is 4.40 Å². The number of hydrogen-bond donors (Lipinski definition) is 0. The fourth-order valence-electron chi connectivity index (χ4n) is 5.56. The Morgan fingerprint density at radius 3 is 2.03 bits per heavy atom. The molecule has 0 aliphatic heterocycles. The monoisotopic (exact) mass is 654 g/mol. The van der Waals surface area contributed by atoms with Crippen molar-refractivity contribution in [3.05, 3.63) is 83.0 Å². The minimum absolute atomic E-state index is 0. The molecular formula is C33H37IrN2-. The standard InChI is InChI=1S/C33H37N2.Ir/c1-21-12-11-13-22(2)30(21)29-20-34-31-26-15-10-9-14-25(26)27-16-23(18-32(3,4)5)24(19-33(6,7)8)17-28(27)35(29)31;/h9-14,16-17,20H,18-19H2,1-8H3;/q-1;. The number of nitrogens with zero attached hydrogens (tertiary/aromatic N) is 2. The van der Waals surface area contributed by atoms with Gasteiger partial charge in [-0.1, -0.05) is 71.2 Å². The number of rotatable bonds is 3. The molecule has 189 valence electrons. The summed E-state index contributed by atoms with van der Waals surface area (Å²) in [6.45, 7) is 18.4. The molecule has 0 N–H and O–H groups in total. The molecule has 2 aromatic heterocycles. The van der Waals surface area contributed by atoms with Gasteiger partial charge in [0.2, 0.25) is 0 Å². The number of fused-ring (bicyclic) bond motifs is 6. The first-order chi connectivity index (χ1) is 16.4. The molecule has 0 aliphatic carbocycles. The van der Waals surface area contributed by atoms with Gasteiger partial charge in [0.1, 0.15) is 0 Å². The number of hydrogen-bond acceptors (Lipinski definition) is 1. The van der Waals surface area contributed by atoms with Gasteiger partial charge in [0.05, 0.1) is 11.3 Å². The van der Waals surface area contributed by atoms with E-state index in [1.165, 1.54) is 44.1 Å². The zero-order chi connectivity index (χ0) is 25.1. The summed E-state index contributed by atoms with van der Waals surface area (Å²) in [5, 5.41) is 3.60. The Hall–Kier alpha value is -2.48. The molecule has 2 heterocycles. The summed E-state index contributed by atoms with van der Waals surface area (Å²) in [7, 11) is 0. The minimum atomic E-state index is 0. The van der Waals surface area contributed by atoms with Crippen molar-refractivity contribution in [2.75, 3.05) is 0 Å². The summed E-state index contributed by atoms with van der Waals surface area (Å²) in [5.41, 5.74) is 10.5. The number of benzene rings is 3. The molecule has 5 rings (SSSR count). The molecule has 0 saturated heterocycles. The first-order valence-corrected chi connectivity index (χ1v) is 12.7. The normalized spacial score (nSPS) is 12.4. The largest absolute Gasteiger partial charge is 0.333 e. The second-order valence-corrected chi connectivity index (χ2v) is 12.6. The molecule has 3 aromatic carbocycles. The Bertz CT molecular complexity index is 1560. The molecule has 0 spiro atoms. The van der Waals surface area contributed by atoms with Gasteiger partial charge in [-0.05, 0) is 71.2 Å². The molecule has 0 fully saturated rings.